The Bertz CT molecular complexity index is 615. The summed E-state index contributed by atoms with van der Waals surface area (Å²) >= 11 is 0. The van der Waals surface area contributed by atoms with Crippen molar-refractivity contribution < 1.29 is 14.3 Å². The van der Waals surface area contributed by atoms with E-state index < -0.39 is 0 Å². The summed E-state index contributed by atoms with van der Waals surface area (Å²) in [6, 6.07) is 5.71. The highest BCUT2D eigenvalue weighted by atomic mass is 16.5. The van der Waals surface area contributed by atoms with Crippen LogP contribution in [0.2, 0.25) is 0 Å². The van der Waals surface area contributed by atoms with Crippen LogP contribution in [0.3, 0.4) is 0 Å². The number of methoxy groups -OCH3 is 2. The number of rotatable bonds is 4. The van der Waals surface area contributed by atoms with Crippen LogP contribution >= 0.6 is 0 Å². The third-order valence-corrected chi connectivity index (χ3v) is 6.40. The van der Waals surface area contributed by atoms with Crippen LogP contribution in [0.25, 0.3) is 0 Å². The monoisotopic (exact) mass is 315 g/mol. The second-order valence-electron chi connectivity index (χ2n) is 7.30. The van der Waals surface area contributed by atoms with Gasteiger partial charge in [-0.05, 0) is 61.5 Å². The molecule has 0 radical (unpaired) electrons. The van der Waals surface area contributed by atoms with E-state index in [4.69, 9.17) is 9.47 Å². The number of hydrogen-bond donors (Lipinski definition) is 1. The van der Waals surface area contributed by atoms with Gasteiger partial charge in [0.1, 0.15) is 11.5 Å². The van der Waals surface area contributed by atoms with E-state index in [9.17, 15) is 4.79 Å². The number of carbonyl (C=O) groups excluding carboxylic acids is 1. The number of amides is 1. The lowest BCUT2D eigenvalue weighted by molar-refractivity contribution is 0.0898. The van der Waals surface area contributed by atoms with Gasteiger partial charge >= 0.3 is 0 Å². The van der Waals surface area contributed by atoms with Crippen molar-refractivity contribution in [1.29, 1.82) is 0 Å². The van der Waals surface area contributed by atoms with Crippen molar-refractivity contribution in [1.82, 2.24) is 5.32 Å². The summed E-state index contributed by atoms with van der Waals surface area (Å²) in [6.07, 6.45) is 6.65. The summed E-state index contributed by atoms with van der Waals surface area (Å²) in [6.45, 7) is 0. The van der Waals surface area contributed by atoms with Gasteiger partial charge in [-0.2, -0.15) is 0 Å². The molecule has 4 nitrogen and oxygen atoms in total. The SMILES string of the molecule is COc1ccc(C(=O)NC2CC3CC2C2CCCC32)c(OC)c1. The molecule has 1 aromatic rings. The molecule has 124 valence electrons. The zero-order valence-electron chi connectivity index (χ0n) is 13.9. The van der Waals surface area contributed by atoms with Crippen LogP contribution < -0.4 is 14.8 Å². The Balaban J connectivity index is 1.49. The Morgan fingerprint density at radius 2 is 1.91 bits per heavy atom. The van der Waals surface area contributed by atoms with Crippen molar-refractivity contribution in [2.75, 3.05) is 14.2 Å². The van der Waals surface area contributed by atoms with E-state index in [-0.39, 0.29) is 5.91 Å². The van der Waals surface area contributed by atoms with Crippen molar-refractivity contribution in [3.8, 4) is 11.5 Å². The third-order valence-electron chi connectivity index (χ3n) is 6.40. The van der Waals surface area contributed by atoms with Gasteiger partial charge in [0, 0.05) is 12.1 Å². The highest BCUT2D eigenvalue weighted by molar-refractivity contribution is 5.97. The number of nitrogens with one attached hydrogen (secondary N) is 1. The average Bonchev–Trinajstić information content (AvgIpc) is 3.26. The maximum Gasteiger partial charge on any atom is 0.255 e. The van der Waals surface area contributed by atoms with Gasteiger partial charge in [0.2, 0.25) is 0 Å². The van der Waals surface area contributed by atoms with Crippen LogP contribution in [0.15, 0.2) is 18.2 Å². The molecule has 23 heavy (non-hydrogen) atoms. The van der Waals surface area contributed by atoms with Gasteiger partial charge in [-0.25, -0.2) is 0 Å². The molecular weight excluding hydrogens is 290 g/mol. The second kappa shape index (κ2) is 5.73. The minimum Gasteiger partial charge on any atom is -0.497 e. The molecule has 1 N–H and O–H groups in total. The molecule has 4 rings (SSSR count). The first-order chi connectivity index (χ1) is 11.2. The predicted molar refractivity (Wildman–Crippen MR) is 87.8 cm³/mol. The van der Waals surface area contributed by atoms with Gasteiger partial charge in [0.15, 0.2) is 0 Å². The number of carbonyl (C=O) groups is 1. The van der Waals surface area contributed by atoms with Crippen molar-refractivity contribution in [3.63, 3.8) is 0 Å². The first-order valence-corrected chi connectivity index (χ1v) is 8.74. The molecule has 3 saturated carbocycles. The molecule has 0 aliphatic heterocycles. The number of hydrogen-bond acceptors (Lipinski definition) is 3. The molecule has 4 heteroatoms. The first-order valence-electron chi connectivity index (χ1n) is 8.74. The van der Waals surface area contributed by atoms with E-state index in [0.717, 1.165) is 24.2 Å². The lowest BCUT2D eigenvalue weighted by Crippen LogP contribution is -2.42. The lowest BCUT2D eigenvalue weighted by atomic mass is 9.79. The molecular formula is C19H25NO3. The molecule has 5 atom stereocenters. The van der Waals surface area contributed by atoms with Crippen LogP contribution in [0.5, 0.6) is 11.5 Å². The standard InChI is InChI=1S/C19H25NO3/c1-22-12-6-7-15(18(10-12)23-2)19(21)20-17-9-11-8-16(17)14-5-3-4-13(11)14/h6-7,10-11,13-14,16-17H,3-5,8-9H2,1-2H3,(H,20,21). The summed E-state index contributed by atoms with van der Waals surface area (Å²) < 4.78 is 10.6. The maximum atomic E-state index is 12.7. The Labute approximate surface area is 137 Å². The van der Waals surface area contributed by atoms with Crippen LogP contribution in [-0.4, -0.2) is 26.2 Å². The highest BCUT2D eigenvalue weighted by Crippen LogP contribution is 2.58. The van der Waals surface area contributed by atoms with Crippen LogP contribution in [-0.2, 0) is 0 Å². The molecule has 0 spiro atoms. The first kappa shape index (κ1) is 14.9. The molecule has 0 aromatic heterocycles. The molecule has 2 bridgehead atoms. The second-order valence-corrected chi connectivity index (χ2v) is 7.30. The minimum absolute atomic E-state index is 0.0170. The average molecular weight is 315 g/mol. The highest BCUT2D eigenvalue weighted by Gasteiger charge is 2.54. The predicted octanol–water partition coefficient (Wildman–Crippen LogP) is 3.26. The lowest BCUT2D eigenvalue weighted by Gasteiger charge is -2.32. The van der Waals surface area contributed by atoms with Gasteiger partial charge in [0.05, 0.1) is 19.8 Å². The van der Waals surface area contributed by atoms with E-state index >= 15 is 0 Å². The van der Waals surface area contributed by atoms with Crippen LogP contribution in [0.4, 0.5) is 0 Å². The largest absolute Gasteiger partial charge is 0.497 e. The number of ether oxygens (including phenoxy) is 2. The van der Waals surface area contributed by atoms with Gasteiger partial charge in [-0.15, -0.1) is 0 Å². The summed E-state index contributed by atoms with van der Waals surface area (Å²) in [5.41, 5.74) is 0.596. The van der Waals surface area contributed by atoms with E-state index in [1.54, 1.807) is 26.4 Å². The Kier molecular flexibility index (Phi) is 3.70. The topological polar surface area (TPSA) is 47.6 Å². The molecule has 5 unspecified atom stereocenters. The fourth-order valence-electron chi connectivity index (χ4n) is 5.47. The summed E-state index contributed by atoms with van der Waals surface area (Å²) in [5.74, 6) is 4.60. The molecule has 3 fully saturated rings. The van der Waals surface area contributed by atoms with Crippen LogP contribution in [0, 0.1) is 23.7 Å². The molecule has 1 amide bonds. The summed E-state index contributed by atoms with van der Waals surface area (Å²) in [5, 5.41) is 3.29. The van der Waals surface area contributed by atoms with Gasteiger partial charge in [-0.3, -0.25) is 4.79 Å². The van der Waals surface area contributed by atoms with Crippen molar-refractivity contribution in [2.24, 2.45) is 23.7 Å². The van der Waals surface area contributed by atoms with Crippen molar-refractivity contribution >= 4 is 5.91 Å². The van der Waals surface area contributed by atoms with E-state index in [1.165, 1.54) is 25.7 Å². The number of fused-ring (bicyclic) bond motifs is 5. The van der Waals surface area contributed by atoms with E-state index in [1.807, 2.05) is 6.07 Å². The maximum absolute atomic E-state index is 12.7. The molecule has 0 saturated heterocycles. The van der Waals surface area contributed by atoms with Crippen LogP contribution in [0.1, 0.15) is 42.5 Å². The van der Waals surface area contributed by atoms with Gasteiger partial charge in [0.25, 0.3) is 5.91 Å². The Morgan fingerprint density at radius 3 is 2.70 bits per heavy atom. The van der Waals surface area contributed by atoms with Crippen molar-refractivity contribution in [3.05, 3.63) is 23.8 Å². The zero-order valence-corrected chi connectivity index (χ0v) is 13.9. The van der Waals surface area contributed by atoms with E-state index in [0.29, 0.717) is 29.0 Å². The quantitative estimate of drug-likeness (QED) is 0.928. The molecule has 0 heterocycles. The fourth-order valence-corrected chi connectivity index (χ4v) is 5.47. The smallest absolute Gasteiger partial charge is 0.255 e. The third kappa shape index (κ3) is 2.39. The van der Waals surface area contributed by atoms with Gasteiger partial charge < -0.3 is 14.8 Å². The molecule has 3 aliphatic carbocycles. The van der Waals surface area contributed by atoms with Crippen molar-refractivity contribution in [2.45, 2.75) is 38.1 Å². The Morgan fingerprint density at radius 1 is 1.09 bits per heavy atom. The number of benzene rings is 1. The summed E-state index contributed by atoms with van der Waals surface area (Å²) in [7, 11) is 3.20. The molecule has 3 aliphatic rings. The van der Waals surface area contributed by atoms with Gasteiger partial charge in [-0.1, -0.05) is 6.42 Å². The molecule has 1 aromatic carbocycles. The zero-order chi connectivity index (χ0) is 16.0. The summed E-state index contributed by atoms with van der Waals surface area (Å²) in [4.78, 5) is 12.7. The Hall–Kier alpha value is -1.71. The minimum atomic E-state index is -0.0170. The van der Waals surface area contributed by atoms with E-state index in [2.05, 4.69) is 5.32 Å². The normalized spacial score (nSPS) is 34.3. The fraction of sp³-hybridized carbons (Fsp3) is 0.632.